The summed E-state index contributed by atoms with van der Waals surface area (Å²) in [4.78, 5) is 12.2. The molecule has 0 heterocycles. The third kappa shape index (κ3) is 10.7. The Hall–Kier alpha value is -0.750. The molecular weight excluding hydrogens is 437 g/mol. The van der Waals surface area contributed by atoms with Crippen LogP contribution in [0, 0.1) is 6.92 Å². The van der Waals surface area contributed by atoms with Gasteiger partial charge in [-0.25, -0.2) is 0 Å². The molecule has 0 saturated carbocycles. The highest BCUT2D eigenvalue weighted by atomic mass is 35.6. The lowest BCUT2D eigenvalue weighted by atomic mass is 10.1. The summed E-state index contributed by atoms with van der Waals surface area (Å²) in [5, 5.41) is 8.93. The second kappa shape index (κ2) is 13.5. The number of alkyl halides is 3. The Labute approximate surface area is 189 Å². The Balaban J connectivity index is 2.45. The van der Waals surface area contributed by atoms with Gasteiger partial charge in [-0.2, -0.15) is 0 Å². The van der Waals surface area contributed by atoms with Crippen molar-refractivity contribution in [2.45, 2.75) is 75.2 Å². The zero-order chi connectivity index (χ0) is 21.0. The largest absolute Gasteiger partial charge is 0.339 e. The lowest BCUT2D eigenvalue weighted by Gasteiger charge is -2.28. The summed E-state index contributed by atoms with van der Waals surface area (Å²) in [6.45, 7) is 4.16. The van der Waals surface area contributed by atoms with E-state index in [2.05, 4.69) is 22.9 Å². The molecule has 0 fully saturated rings. The first kappa shape index (κ1) is 25.3. The smallest absolute Gasteiger partial charge is 0.228 e. The van der Waals surface area contributed by atoms with Crippen molar-refractivity contribution in [1.82, 2.24) is 10.6 Å². The molecule has 0 unspecified atom stereocenters. The molecule has 0 aliphatic carbocycles. The SMILES string of the molecule is CCCCCCCCCC(=O)N[C@H](NC(=S)Nc1ccccc1C)C(Cl)(Cl)Cl. The zero-order valence-corrected chi connectivity index (χ0v) is 19.6. The zero-order valence-electron chi connectivity index (χ0n) is 16.5. The van der Waals surface area contributed by atoms with Crippen molar-refractivity contribution in [3.8, 4) is 0 Å². The highest BCUT2D eigenvalue weighted by molar-refractivity contribution is 7.80. The first-order valence-electron chi connectivity index (χ1n) is 9.73. The molecule has 0 radical (unpaired) electrons. The predicted molar refractivity (Wildman–Crippen MR) is 125 cm³/mol. The van der Waals surface area contributed by atoms with Crippen molar-refractivity contribution in [3.63, 3.8) is 0 Å². The van der Waals surface area contributed by atoms with Gasteiger partial charge in [-0.1, -0.05) is 98.5 Å². The monoisotopic (exact) mass is 465 g/mol. The van der Waals surface area contributed by atoms with Crippen molar-refractivity contribution >= 4 is 63.7 Å². The van der Waals surface area contributed by atoms with Crippen molar-refractivity contribution in [1.29, 1.82) is 0 Å². The molecule has 1 aromatic rings. The van der Waals surface area contributed by atoms with Gasteiger partial charge in [0.25, 0.3) is 0 Å². The van der Waals surface area contributed by atoms with Gasteiger partial charge >= 0.3 is 0 Å². The average Bonchev–Trinajstić information content (AvgIpc) is 2.61. The standard InChI is InChI=1S/C20H30Cl3N3OS/c1-3-4-5-6-7-8-9-14-17(27)25-18(20(21,22)23)26-19(28)24-16-13-11-10-12-15(16)2/h10-13,18H,3-9,14H2,1-2H3,(H,25,27)(H2,24,26,28)/t18-/m1/s1. The van der Waals surface area contributed by atoms with Gasteiger partial charge in [-0.3, -0.25) is 4.79 Å². The molecule has 0 aliphatic rings. The van der Waals surface area contributed by atoms with Crippen molar-refractivity contribution in [3.05, 3.63) is 29.8 Å². The number of halogens is 3. The molecule has 1 aromatic carbocycles. The van der Waals surface area contributed by atoms with Gasteiger partial charge in [0, 0.05) is 12.1 Å². The minimum atomic E-state index is -1.74. The maximum absolute atomic E-state index is 12.2. The highest BCUT2D eigenvalue weighted by Crippen LogP contribution is 2.29. The molecule has 0 spiro atoms. The number of carbonyl (C=O) groups is 1. The van der Waals surface area contributed by atoms with Gasteiger partial charge in [0.1, 0.15) is 6.17 Å². The van der Waals surface area contributed by atoms with Crippen LogP contribution in [0.1, 0.15) is 63.9 Å². The first-order chi connectivity index (χ1) is 13.2. The number of carbonyl (C=O) groups excluding carboxylic acids is 1. The van der Waals surface area contributed by atoms with E-state index in [-0.39, 0.29) is 11.0 Å². The van der Waals surface area contributed by atoms with Crippen molar-refractivity contribution < 1.29 is 4.79 Å². The normalized spacial score (nSPS) is 12.3. The maximum Gasteiger partial charge on any atom is 0.228 e. The van der Waals surface area contributed by atoms with Crippen LogP contribution in [0.3, 0.4) is 0 Å². The summed E-state index contributed by atoms with van der Waals surface area (Å²) in [6.07, 6.45) is 7.42. The number of hydrogen-bond donors (Lipinski definition) is 3. The van der Waals surface area contributed by atoms with Crippen molar-refractivity contribution in [2.75, 3.05) is 5.32 Å². The molecule has 4 nitrogen and oxygen atoms in total. The number of para-hydroxylation sites is 1. The van der Waals surface area contributed by atoms with Gasteiger partial charge in [0.15, 0.2) is 5.11 Å². The highest BCUT2D eigenvalue weighted by Gasteiger charge is 2.34. The molecule has 0 aromatic heterocycles. The van der Waals surface area contributed by atoms with Crippen LogP contribution < -0.4 is 16.0 Å². The van der Waals surface area contributed by atoms with E-state index in [0.29, 0.717) is 6.42 Å². The Morgan fingerprint density at radius 2 is 1.64 bits per heavy atom. The Morgan fingerprint density at radius 1 is 1.04 bits per heavy atom. The van der Waals surface area contributed by atoms with Gasteiger partial charge < -0.3 is 16.0 Å². The summed E-state index contributed by atoms with van der Waals surface area (Å²) < 4.78 is -1.74. The summed E-state index contributed by atoms with van der Waals surface area (Å²) in [7, 11) is 0. The Kier molecular flexibility index (Phi) is 12.2. The number of anilines is 1. The molecule has 1 rings (SSSR count). The number of thiocarbonyl (C=S) groups is 1. The average molecular weight is 467 g/mol. The van der Waals surface area contributed by atoms with Crippen LogP contribution in [0.5, 0.6) is 0 Å². The van der Waals surface area contributed by atoms with E-state index in [9.17, 15) is 4.79 Å². The third-order valence-corrected chi connectivity index (χ3v) is 5.18. The summed E-state index contributed by atoms with van der Waals surface area (Å²) in [6, 6.07) is 7.69. The minimum Gasteiger partial charge on any atom is -0.339 e. The fourth-order valence-corrected chi connectivity index (χ4v) is 3.23. The minimum absolute atomic E-state index is 0.170. The van der Waals surface area contributed by atoms with Crippen LogP contribution in [0.4, 0.5) is 5.69 Å². The van der Waals surface area contributed by atoms with E-state index in [1.807, 2.05) is 31.2 Å². The number of unbranched alkanes of at least 4 members (excludes halogenated alkanes) is 6. The van der Waals surface area contributed by atoms with Crippen LogP contribution in [0.2, 0.25) is 0 Å². The van der Waals surface area contributed by atoms with Crippen LogP contribution in [0.25, 0.3) is 0 Å². The maximum atomic E-state index is 12.2. The number of hydrogen-bond acceptors (Lipinski definition) is 2. The summed E-state index contributed by atoms with van der Waals surface area (Å²) >= 11 is 23.4. The Bertz CT molecular complexity index is 623. The molecule has 1 amide bonds. The summed E-state index contributed by atoms with van der Waals surface area (Å²) in [5.41, 5.74) is 1.87. The number of nitrogens with one attached hydrogen (secondary N) is 3. The Morgan fingerprint density at radius 3 is 2.25 bits per heavy atom. The lowest BCUT2D eigenvalue weighted by Crippen LogP contribution is -2.56. The van der Waals surface area contributed by atoms with Gasteiger partial charge in [-0.05, 0) is 37.2 Å². The quantitative estimate of drug-likeness (QED) is 0.156. The molecule has 158 valence electrons. The van der Waals surface area contributed by atoms with E-state index < -0.39 is 9.96 Å². The van der Waals surface area contributed by atoms with Crippen LogP contribution in [0.15, 0.2) is 24.3 Å². The summed E-state index contributed by atoms with van der Waals surface area (Å²) in [5.74, 6) is -0.170. The van der Waals surface area contributed by atoms with E-state index in [1.54, 1.807) is 0 Å². The molecule has 0 bridgehead atoms. The van der Waals surface area contributed by atoms with E-state index in [4.69, 9.17) is 47.0 Å². The number of aryl methyl sites for hydroxylation is 1. The molecule has 3 N–H and O–H groups in total. The van der Waals surface area contributed by atoms with Crippen molar-refractivity contribution in [2.24, 2.45) is 0 Å². The predicted octanol–water partition coefficient (Wildman–Crippen LogP) is 6.23. The van der Waals surface area contributed by atoms with Gasteiger partial charge in [0.05, 0.1) is 0 Å². The fourth-order valence-electron chi connectivity index (χ4n) is 2.68. The lowest BCUT2D eigenvalue weighted by molar-refractivity contribution is -0.122. The van der Waals surface area contributed by atoms with Crippen LogP contribution in [-0.2, 0) is 4.79 Å². The van der Waals surface area contributed by atoms with E-state index in [1.165, 1.54) is 25.7 Å². The van der Waals surface area contributed by atoms with Gasteiger partial charge in [-0.15, -0.1) is 0 Å². The van der Waals surface area contributed by atoms with E-state index in [0.717, 1.165) is 30.5 Å². The molecule has 0 saturated heterocycles. The van der Waals surface area contributed by atoms with Gasteiger partial charge in [0.2, 0.25) is 9.70 Å². The second-order valence-electron chi connectivity index (χ2n) is 6.83. The van der Waals surface area contributed by atoms with Crippen LogP contribution in [-0.4, -0.2) is 21.0 Å². The molecule has 0 aliphatic heterocycles. The number of amides is 1. The van der Waals surface area contributed by atoms with Crippen LogP contribution >= 0.6 is 47.0 Å². The topological polar surface area (TPSA) is 53.2 Å². The first-order valence-corrected chi connectivity index (χ1v) is 11.3. The molecule has 1 atom stereocenters. The molecular formula is C20H30Cl3N3OS. The fraction of sp³-hybridized carbons (Fsp3) is 0.600. The molecule has 28 heavy (non-hydrogen) atoms. The third-order valence-electron chi connectivity index (χ3n) is 4.31. The number of benzene rings is 1. The second-order valence-corrected chi connectivity index (χ2v) is 9.60. The van der Waals surface area contributed by atoms with E-state index >= 15 is 0 Å². The number of rotatable bonds is 11. The molecule has 8 heteroatoms.